The molecule has 3 aromatic rings. The Balaban J connectivity index is 1.28. The highest BCUT2D eigenvalue weighted by molar-refractivity contribution is 7.09. The van der Waals surface area contributed by atoms with Gasteiger partial charge in [-0.2, -0.15) is 0 Å². The Hall–Kier alpha value is -2.86. The number of carbonyl (C=O) groups is 1. The molecule has 6 heteroatoms. The Bertz CT molecular complexity index is 937. The van der Waals surface area contributed by atoms with Crippen LogP contribution in [0.2, 0.25) is 0 Å². The molecule has 0 bridgehead atoms. The summed E-state index contributed by atoms with van der Waals surface area (Å²) in [4.78, 5) is 16.8. The fraction of sp³-hybridized carbons (Fsp3) is 0.238. The third-order valence-electron chi connectivity index (χ3n) is 4.38. The largest absolute Gasteiger partial charge is 0.485 e. The van der Waals surface area contributed by atoms with Gasteiger partial charge in [0.05, 0.1) is 10.7 Å². The van der Waals surface area contributed by atoms with Gasteiger partial charge >= 0.3 is 0 Å². The van der Waals surface area contributed by atoms with Gasteiger partial charge in [0.25, 0.3) is 5.91 Å². The van der Waals surface area contributed by atoms with E-state index in [2.05, 4.69) is 39.9 Å². The number of para-hydroxylation sites is 2. The maximum Gasteiger partial charge on any atom is 0.264 e. The quantitative estimate of drug-likeness (QED) is 0.734. The van der Waals surface area contributed by atoms with Crippen LogP contribution in [0.5, 0.6) is 11.5 Å². The normalized spacial score (nSPS) is 15.4. The predicted octanol–water partition coefficient (Wildman–Crippen LogP) is 3.62. The van der Waals surface area contributed by atoms with E-state index in [1.807, 2.05) is 25.1 Å². The number of rotatable bonds is 5. The van der Waals surface area contributed by atoms with E-state index in [-0.39, 0.29) is 12.5 Å². The number of amides is 1. The summed E-state index contributed by atoms with van der Waals surface area (Å²) in [6.07, 6.45) is 0.141. The van der Waals surface area contributed by atoms with Crippen LogP contribution in [0.25, 0.3) is 11.3 Å². The molecule has 2 heterocycles. The third kappa shape index (κ3) is 4.11. The van der Waals surface area contributed by atoms with E-state index in [0.29, 0.717) is 18.0 Å². The summed E-state index contributed by atoms with van der Waals surface area (Å²) >= 11 is 1.65. The van der Waals surface area contributed by atoms with Crippen molar-refractivity contribution in [3.8, 4) is 22.8 Å². The van der Waals surface area contributed by atoms with E-state index in [0.717, 1.165) is 28.2 Å². The number of aromatic nitrogens is 1. The zero-order valence-corrected chi connectivity index (χ0v) is 15.8. The zero-order chi connectivity index (χ0) is 18.6. The fourth-order valence-corrected chi connectivity index (χ4v) is 3.55. The predicted molar refractivity (Wildman–Crippen MR) is 105 cm³/mol. The Morgan fingerprint density at radius 3 is 2.70 bits per heavy atom. The molecule has 0 saturated carbocycles. The summed E-state index contributed by atoms with van der Waals surface area (Å²) in [6, 6.07) is 15.7. The maximum atomic E-state index is 12.3. The standard InChI is InChI=1S/C21H20N2O3S/c1-14-23-17(13-27-14)16-8-6-15(7-9-16)10-11-22-21(24)20-12-25-18-4-2-3-5-19(18)26-20/h2-9,13,20H,10-12H2,1H3,(H,22,24). The van der Waals surface area contributed by atoms with Gasteiger partial charge in [0.2, 0.25) is 6.10 Å². The first-order valence-corrected chi connectivity index (χ1v) is 9.74. The Morgan fingerprint density at radius 1 is 1.19 bits per heavy atom. The Kier molecular flexibility index (Phi) is 5.07. The van der Waals surface area contributed by atoms with Crippen molar-refractivity contribution in [3.05, 3.63) is 64.5 Å². The van der Waals surface area contributed by atoms with Crippen LogP contribution in [0.1, 0.15) is 10.6 Å². The van der Waals surface area contributed by atoms with Crippen LogP contribution in [-0.2, 0) is 11.2 Å². The molecule has 1 aliphatic rings. The van der Waals surface area contributed by atoms with Crippen molar-refractivity contribution in [1.29, 1.82) is 0 Å². The van der Waals surface area contributed by atoms with Crippen molar-refractivity contribution >= 4 is 17.2 Å². The van der Waals surface area contributed by atoms with Crippen molar-refractivity contribution in [2.24, 2.45) is 0 Å². The van der Waals surface area contributed by atoms with Crippen LogP contribution < -0.4 is 14.8 Å². The third-order valence-corrected chi connectivity index (χ3v) is 5.16. The molecule has 138 valence electrons. The lowest BCUT2D eigenvalue weighted by atomic mass is 10.1. The number of nitrogens with zero attached hydrogens (tertiary/aromatic N) is 1. The van der Waals surface area contributed by atoms with Crippen LogP contribution in [0.4, 0.5) is 0 Å². The highest BCUT2D eigenvalue weighted by Gasteiger charge is 2.26. The summed E-state index contributed by atoms with van der Waals surface area (Å²) in [6.45, 7) is 2.78. The van der Waals surface area contributed by atoms with Crippen LogP contribution >= 0.6 is 11.3 Å². The van der Waals surface area contributed by atoms with Gasteiger partial charge in [-0.15, -0.1) is 11.3 Å². The summed E-state index contributed by atoms with van der Waals surface area (Å²) in [5.41, 5.74) is 3.28. The van der Waals surface area contributed by atoms with Gasteiger partial charge in [-0.1, -0.05) is 36.4 Å². The molecule has 1 amide bonds. The lowest BCUT2D eigenvalue weighted by Crippen LogP contribution is -2.44. The molecule has 0 fully saturated rings. The molecule has 0 saturated heterocycles. The van der Waals surface area contributed by atoms with Crippen molar-refractivity contribution in [1.82, 2.24) is 10.3 Å². The van der Waals surface area contributed by atoms with Crippen LogP contribution in [0.3, 0.4) is 0 Å². The minimum atomic E-state index is -0.616. The monoisotopic (exact) mass is 380 g/mol. The molecule has 0 aliphatic carbocycles. The number of carbonyl (C=O) groups excluding carboxylic acids is 1. The van der Waals surface area contributed by atoms with Gasteiger partial charge in [-0.25, -0.2) is 4.98 Å². The minimum absolute atomic E-state index is 0.154. The van der Waals surface area contributed by atoms with Crippen LogP contribution in [0.15, 0.2) is 53.9 Å². The van der Waals surface area contributed by atoms with Gasteiger partial charge in [0.15, 0.2) is 11.5 Å². The molecule has 1 unspecified atom stereocenters. The lowest BCUT2D eigenvalue weighted by molar-refractivity contribution is -0.130. The van der Waals surface area contributed by atoms with Crippen molar-refractivity contribution in [2.75, 3.05) is 13.2 Å². The summed E-state index contributed by atoms with van der Waals surface area (Å²) in [5.74, 6) is 1.13. The average Bonchev–Trinajstić information content (AvgIpc) is 3.14. The molecule has 27 heavy (non-hydrogen) atoms. The highest BCUT2D eigenvalue weighted by Crippen LogP contribution is 2.30. The second-order valence-electron chi connectivity index (χ2n) is 6.35. The number of thiazole rings is 1. The topological polar surface area (TPSA) is 60.5 Å². The molecule has 0 radical (unpaired) electrons. The molecule has 0 spiro atoms. The molecule has 1 aromatic heterocycles. The summed E-state index contributed by atoms with van der Waals surface area (Å²) in [5, 5.41) is 6.05. The highest BCUT2D eigenvalue weighted by atomic mass is 32.1. The van der Waals surface area contributed by atoms with Gasteiger partial charge < -0.3 is 14.8 Å². The second kappa shape index (κ2) is 7.80. The number of fused-ring (bicyclic) bond motifs is 1. The first-order chi connectivity index (χ1) is 13.2. The molecule has 4 rings (SSSR count). The Morgan fingerprint density at radius 2 is 1.96 bits per heavy atom. The van der Waals surface area contributed by atoms with Gasteiger partial charge in [-0.3, -0.25) is 4.79 Å². The van der Waals surface area contributed by atoms with E-state index >= 15 is 0 Å². The molecule has 1 N–H and O–H groups in total. The molecule has 5 nitrogen and oxygen atoms in total. The number of nitrogens with one attached hydrogen (secondary N) is 1. The van der Waals surface area contributed by atoms with Crippen molar-refractivity contribution in [3.63, 3.8) is 0 Å². The maximum absolute atomic E-state index is 12.3. The van der Waals surface area contributed by atoms with Crippen LogP contribution in [-0.4, -0.2) is 30.1 Å². The van der Waals surface area contributed by atoms with E-state index in [1.165, 1.54) is 0 Å². The Labute approximate surface area is 162 Å². The van der Waals surface area contributed by atoms with Gasteiger partial charge in [0, 0.05) is 17.5 Å². The summed E-state index contributed by atoms with van der Waals surface area (Å²) < 4.78 is 11.3. The fourth-order valence-electron chi connectivity index (χ4n) is 2.93. The number of benzene rings is 2. The van der Waals surface area contributed by atoms with E-state index in [4.69, 9.17) is 9.47 Å². The molecular weight excluding hydrogens is 360 g/mol. The average molecular weight is 380 g/mol. The number of ether oxygens (including phenoxy) is 2. The summed E-state index contributed by atoms with van der Waals surface area (Å²) in [7, 11) is 0. The molecular formula is C21H20N2O3S. The van der Waals surface area contributed by atoms with E-state index in [9.17, 15) is 4.79 Å². The first kappa shape index (κ1) is 17.5. The molecule has 2 aromatic carbocycles. The zero-order valence-electron chi connectivity index (χ0n) is 15.0. The van der Waals surface area contributed by atoms with E-state index in [1.54, 1.807) is 17.4 Å². The van der Waals surface area contributed by atoms with Crippen LogP contribution in [0, 0.1) is 6.92 Å². The van der Waals surface area contributed by atoms with Crippen molar-refractivity contribution < 1.29 is 14.3 Å². The van der Waals surface area contributed by atoms with Crippen molar-refractivity contribution in [2.45, 2.75) is 19.4 Å². The number of hydrogen-bond donors (Lipinski definition) is 1. The van der Waals surface area contributed by atoms with E-state index < -0.39 is 6.10 Å². The SMILES string of the molecule is Cc1nc(-c2ccc(CCNC(=O)C3COc4ccccc4O3)cc2)cs1. The number of hydrogen-bond acceptors (Lipinski definition) is 5. The number of aryl methyl sites for hydroxylation is 1. The lowest BCUT2D eigenvalue weighted by Gasteiger charge is -2.25. The van der Waals surface area contributed by atoms with Gasteiger partial charge in [-0.05, 0) is 31.0 Å². The van der Waals surface area contributed by atoms with Gasteiger partial charge in [0.1, 0.15) is 6.61 Å². The molecule has 1 atom stereocenters. The second-order valence-corrected chi connectivity index (χ2v) is 7.42. The molecule has 1 aliphatic heterocycles. The first-order valence-electron chi connectivity index (χ1n) is 8.87. The minimum Gasteiger partial charge on any atom is -0.485 e. The smallest absolute Gasteiger partial charge is 0.264 e.